The third-order valence-corrected chi connectivity index (χ3v) is 4.91. The fraction of sp³-hybridized carbons (Fsp3) is 0.474. The zero-order chi connectivity index (χ0) is 16.9. The van der Waals surface area contributed by atoms with E-state index in [0.717, 1.165) is 42.8 Å². The Hall–Kier alpha value is -2.14. The van der Waals surface area contributed by atoms with Crippen LogP contribution in [0.2, 0.25) is 0 Å². The minimum Gasteiger partial charge on any atom is -0.341 e. The largest absolute Gasteiger partial charge is 0.341 e. The maximum Gasteiger partial charge on any atom is 0.244 e. The number of hydrogen-bond acceptors (Lipinski definition) is 3. The van der Waals surface area contributed by atoms with Crippen molar-refractivity contribution in [1.29, 1.82) is 0 Å². The lowest BCUT2D eigenvalue weighted by Crippen LogP contribution is -2.44. The highest BCUT2D eigenvalue weighted by atomic mass is 16.2. The molecule has 1 saturated heterocycles. The first-order valence-electron chi connectivity index (χ1n) is 8.71. The predicted octanol–water partition coefficient (Wildman–Crippen LogP) is 2.81. The molecule has 2 aromatic rings. The van der Waals surface area contributed by atoms with Crippen LogP contribution in [-0.2, 0) is 11.3 Å². The average molecular weight is 326 g/mol. The molecular formula is C19H26N4O. The second-order valence-electron chi connectivity index (χ2n) is 6.75. The minimum atomic E-state index is -0.311. The zero-order valence-electron chi connectivity index (χ0n) is 14.5. The van der Waals surface area contributed by atoms with Crippen LogP contribution in [0.4, 0.5) is 0 Å². The summed E-state index contributed by atoms with van der Waals surface area (Å²) >= 11 is 0. The number of amides is 1. The summed E-state index contributed by atoms with van der Waals surface area (Å²) in [5, 5.41) is 10.4. The second-order valence-corrected chi connectivity index (χ2v) is 6.75. The molecule has 24 heavy (non-hydrogen) atoms. The first kappa shape index (κ1) is 16.7. The Balaban J connectivity index is 1.74. The van der Waals surface area contributed by atoms with Gasteiger partial charge in [-0.15, -0.1) is 0 Å². The molecule has 1 amide bonds. The van der Waals surface area contributed by atoms with Gasteiger partial charge in [0.15, 0.2) is 0 Å². The lowest BCUT2D eigenvalue weighted by atomic mass is 9.97. The first-order chi connectivity index (χ1) is 11.6. The van der Waals surface area contributed by atoms with Gasteiger partial charge in [0.25, 0.3) is 0 Å². The fourth-order valence-electron chi connectivity index (χ4n) is 3.17. The highest BCUT2D eigenvalue weighted by molar-refractivity contribution is 5.83. The second kappa shape index (κ2) is 7.62. The molecule has 1 aromatic heterocycles. The number of benzene rings is 1. The third-order valence-electron chi connectivity index (χ3n) is 4.91. The van der Waals surface area contributed by atoms with Crippen LogP contribution >= 0.6 is 0 Å². The molecule has 0 aliphatic carbocycles. The number of piperidine rings is 1. The summed E-state index contributed by atoms with van der Waals surface area (Å²) in [6.45, 7) is 6.59. The van der Waals surface area contributed by atoms with E-state index in [4.69, 9.17) is 0 Å². The molecule has 5 heteroatoms. The van der Waals surface area contributed by atoms with Crippen molar-refractivity contribution in [1.82, 2.24) is 20.4 Å². The van der Waals surface area contributed by atoms with E-state index in [1.54, 1.807) is 0 Å². The number of hydrogen-bond donors (Lipinski definition) is 2. The highest BCUT2D eigenvalue weighted by Crippen LogP contribution is 2.22. The molecule has 0 saturated carbocycles. The van der Waals surface area contributed by atoms with E-state index < -0.39 is 0 Å². The summed E-state index contributed by atoms with van der Waals surface area (Å²) in [6.07, 6.45) is 4.00. The lowest BCUT2D eigenvalue weighted by molar-refractivity contribution is -0.135. The summed E-state index contributed by atoms with van der Waals surface area (Å²) in [5.41, 5.74) is 3.15. The fourth-order valence-corrected chi connectivity index (χ4v) is 3.17. The standard InChI is InChI=1S/C19H26N4O/c1-14-8-10-23(11-9-14)19(24)18(16-6-4-3-5-7-16)20-12-17-13-21-22-15(17)2/h3-7,13-14,18,20H,8-12H2,1-2H3,(H,21,22)/t18-/m0/s1. The lowest BCUT2D eigenvalue weighted by Gasteiger charge is -2.33. The van der Waals surface area contributed by atoms with E-state index in [2.05, 4.69) is 22.4 Å². The van der Waals surface area contributed by atoms with Crippen molar-refractivity contribution in [2.24, 2.45) is 5.92 Å². The number of likely N-dealkylation sites (tertiary alicyclic amines) is 1. The van der Waals surface area contributed by atoms with Gasteiger partial charge in [0, 0.05) is 30.9 Å². The Morgan fingerprint density at radius 2 is 2.04 bits per heavy atom. The first-order valence-corrected chi connectivity index (χ1v) is 8.71. The van der Waals surface area contributed by atoms with Crippen molar-refractivity contribution < 1.29 is 4.79 Å². The SMILES string of the molecule is Cc1[nH]ncc1CN[C@H](C(=O)N1CCC(C)CC1)c1ccccc1. The molecule has 1 aliphatic rings. The van der Waals surface area contributed by atoms with Crippen LogP contribution in [-0.4, -0.2) is 34.1 Å². The van der Waals surface area contributed by atoms with Gasteiger partial charge in [0.05, 0.1) is 6.20 Å². The van der Waals surface area contributed by atoms with Gasteiger partial charge in [-0.1, -0.05) is 37.3 Å². The molecule has 3 rings (SSSR count). The smallest absolute Gasteiger partial charge is 0.244 e. The molecule has 5 nitrogen and oxygen atoms in total. The predicted molar refractivity (Wildman–Crippen MR) is 94.3 cm³/mol. The van der Waals surface area contributed by atoms with Gasteiger partial charge < -0.3 is 4.90 Å². The van der Waals surface area contributed by atoms with Gasteiger partial charge in [-0.05, 0) is 31.2 Å². The molecule has 1 fully saturated rings. The number of aromatic amines is 1. The molecule has 0 spiro atoms. The van der Waals surface area contributed by atoms with Gasteiger partial charge in [-0.3, -0.25) is 15.2 Å². The Labute approximate surface area is 143 Å². The summed E-state index contributed by atoms with van der Waals surface area (Å²) in [5.74, 6) is 0.889. The van der Waals surface area contributed by atoms with E-state index in [1.165, 1.54) is 0 Å². The number of carbonyl (C=O) groups is 1. The molecule has 2 heterocycles. The van der Waals surface area contributed by atoms with Crippen LogP contribution in [0.3, 0.4) is 0 Å². The van der Waals surface area contributed by atoms with Crippen molar-refractivity contribution in [2.75, 3.05) is 13.1 Å². The molecule has 1 atom stereocenters. The number of nitrogens with zero attached hydrogens (tertiary/aromatic N) is 2. The van der Waals surface area contributed by atoms with E-state index in [9.17, 15) is 4.79 Å². The van der Waals surface area contributed by atoms with E-state index in [1.807, 2.05) is 48.4 Å². The molecule has 0 bridgehead atoms. The highest BCUT2D eigenvalue weighted by Gasteiger charge is 2.28. The molecular weight excluding hydrogens is 300 g/mol. The van der Waals surface area contributed by atoms with E-state index in [-0.39, 0.29) is 11.9 Å². The van der Waals surface area contributed by atoms with Crippen LogP contribution in [0, 0.1) is 12.8 Å². The van der Waals surface area contributed by atoms with Crippen LogP contribution in [0.5, 0.6) is 0 Å². The van der Waals surface area contributed by atoms with Crippen molar-refractivity contribution in [3.05, 3.63) is 53.3 Å². The van der Waals surface area contributed by atoms with Gasteiger partial charge in [-0.2, -0.15) is 5.10 Å². The van der Waals surface area contributed by atoms with Crippen molar-refractivity contribution >= 4 is 5.91 Å². The van der Waals surface area contributed by atoms with E-state index in [0.29, 0.717) is 12.5 Å². The van der Waals surface area contributed by atoms with Crippen molar-refractivity contribution in [3.8, 4) is 0 Å². The van der Waals surface area contributed by atoms with Crippen LogP contribution in [0.25, 0.3) is 0 Å². The summed E-state index contributed by atoms with van der Waals surface area (Å²) < 4.78 is 0. The molecule has 128 valence electrons. The maximum absolute atomic E-state index is 13.1. The monoisotopic (exact) mass is 326 g/mol. The van der Waals surface area contributed by atoms with Gasteiger partial charge in [0.2, 0.25) is 5.91 Å². The van der Waals surface area contributed by atoms with Crippen LogP contribution in [0.15, 0.2) is 36.5 Å². The number of nitrogens with one attached hydrogen (secondary N) is 2. The number of rotatable bonds is 5. The van der Waals surface area contributed by atoms with E-state index >= 15 is 0 Å². The zero-order valence-corrected chi connectivity index (χ0v) is 14.5. The normalized spacial score (nSPS) is 17.0. The number of H-pyrrole nitrogens is 1. The summed E-state index contributed by atoms with van der Waals surface area (Å²) in [4.78, 5) is 15.1. The minimum absolute atomic E-state index is 0.175. The van der Waals surface area contributed by atoms with Crippen LogP contribution < -0.4 is 5.32 Å². The number of aryl methyl sites for hydroxylation is 1. The van der Waals surface area contributed by atoms with Gasteiger partial charge in [-0.25, -0.2) is 0 Å². The molecule has 0 unspecified atom stereocenters. The Kier molecular flexibility index (Phi) is 5.30. The Bertz CT molecular complexity index is 659. The summed E-state index contributed by atoms with van der Waals surface area (Å²) in [7, 11) is 0. The maximum atomic E-state index is 13.1. The summed E-state index contributed by atoms with van der Waals surface area (Å²) in [6, 6.07) is 9.67. The average Bonchev–Trinajstić information content (AvgIpc) is 3.01. The molecule has 1 aromatic carbocycles. The topological polar surface area (TPSA) is 61.0 Å². The molecule has 0 radical (unpaired) electrons. The number of aromatic nitrogens is 2. The van der Waals surface area contributed by atoms with Gasteiger partial charge in [0.1, 0.15) is 6.04 Å². The number of carbonyl (C=O) groups excluding carboxylic acids is 1. The van der Waals surface area contributed by atoms with Crippen molar-refractivity contribution in [3.63, 3.8) is 0 Å². The van der Waals surface area contributed by atoms with Crippen LogP contribution in [0.1, 0.15) is 42.6 Å². The quantitative estimate of drug-likeness (QED) is 0.888. The Morgan fingerprint density at radius 1 is 1.33 bits per heavy atom. The van der Waals surface area contributed by atoms with Gasteiger partial charge >= 0.3 is 0 Å². The molecule has 1 aliphatic heterocycles. The molecule has 2 N–H and O–H groups in total. The Morgan fingerprint density at radius 3 is 2.67 bits per heavy atom. The third kappa shape index (κ3) is 3.85. The van der Waals surface area contributed by atoms with Crippen molar-refractivity contribution in [2.45, 2.75) is 39.3 Å².